The molecule has 5 heteroatoms. The molecule has 1 aliphatic rings. The molecule has 1 aromatic heterocycles. The van der Waals surface area contributed by atoms with E-state index in [1.54, 1.807) is 6.20 Å². The number of hydrogen-bond donors (Lipinski definition) is 2. The molecule has 0 radical (unpaired) electrons. The van der Waals surface area contributed by atoms with E-state index in [0.717, 1.165) is 38.2 Å². The molecule has 1 aliphatic heterocycles. The van der Waals surface area contributed by atoms with Gasteiger partial charge in [-0.2, -0.15) is 5.10 Å². The maximum atomic E-state index is 11.2. The highest BCUT2D eigenvalue weighted by molar-refractivity contribution is 5.76. The number of amides is 1. The van der Waals surface area contributed by atoms with Crippen LogP contribution in [0.4, 0.5) is 0 Å². The minimum Gasteiger partial charge on any atom is -0.369 e. The van der Waals surface area contributed by atoms with Gasteiger partial charge in [0, 0.05) is 36.7 Å². The van der Waals surface area contributed by atoms with Crippen molar-refractivity contribution in [3.63, 3.8) is 0 Å². The molecular formula is C16H21N4O+. The van der Waals surface area contributed by atoms with Gasteiger partial charge in [-0.15, -0.1) is 0 Å². The van der Waals surface area contributed by atoms with Crippen LogP contribution in [0.3, 0.4) is 0 Å². The number of benzene rings is 1. The fourth-order valence-corrected chi connectivity index (χ4v) is 2.96. The molecule has 5 nitrogen and oxygen atoms in total. The van der Waals surface area contributed by atoms with E-state index in [1.165, 1.54) is 10.5 Å². The maximum absolute atomic E-state index is 11.2. The number of quaternary nitrogens is 1. The summed E-state index contributed by atoms with van der Waals surface area (Å²) < 4.78 is 1.86. The highest BCUT2D eigenvalue weighted by Crippen LogP contribution is 2.10. The van der Waals surface area contributed by atoms with E-state index in [2.05, 4.69) is 29.4 Å². The van der Waals surface area contributed by atoms with Crippen LogP contribution in [0.2, 0.25) is 0 Å². The Bertz CT molecular complexity index is 583. The molecule has 21 heavy (non-hydrogen) atoms. The first-order chi connectivity index (χ1) is 10.2. The van der Waals surface area contributed by atoms with Crippen LogP contribution in [0, 0.1) is 5.92 Å². The highest BCUT2D eigenvalue weighted by atomic mass is 16.1. The Morgan fingerprint density at radius 3 is 2.57 bits per heavy atom. The lowest BCUT2D eigenvalue weighted by Crippen LogP contribution is -3.11. The quantitative estimate of drug-likeness (QED) is 0.840. The Morgan fingerprint density at radius 1 is 1.29 bits per heavy atom. The number of hydrogen-bond acceptors (Lipinski definition) is 2. The molecule has 1 amide bonds. The normalized spacial score (nSPS) is 22.1. The molecule has 3 N–H and O–H groups in total. The lowest BCUT2D eigenvalue weighted by molar-refractivity contribution is -0.919. The number of rotatable bonds is 4. The summed E-state index contributed by atoms with van der Waals surface area (Å²) in [5.74, 6) is -0.0615. The molecule has 1 saturated heterocycles. The Labute approximate surface area is 124 Å². The summed E-state index contributed by atoms with van der Waals surface area (Å²) in [5, 5.41) is 4.22. The van der Waals surface area contributed by atoms with Crippen LogP contribution in [-0.4, -0.2) is 28.8 Å². The minimum atomic E-state index is -0.141. The number of piperidine rings is 1. The van der Waals surface area contributed by atoms with Gasteiger partial charge in [-0.25, -0.2) is 4.68 Å². The molecule has 0 bridgehead atoms. The number of carbonyl (C=O) groups excluding carboxylic acids is 1. The fraction of sp³-hybridized carbons (Fsp3) is 0.375. The van der Waals surface area contributed by atoms with Gasteiger partial charge in [0.05, 0.1) is 18.8 Å². The van der Waals surface area contributed by atoms with E-state index in [-0.39, 0.29) is 11.8 Å². The number of aromatic nitrogens is 2. The molecule has 0 spiro atoms. The summed E-state index contributed by atoms with van der Waals surface area (Å²) in [6.45, 7) is 3.05. The van der Waals surface area contributed by atoms with E-state index in [9.17, 15) is 4.79 Å². The van der Waals surface area contributed by atoms with Crippen LogP contribution in [0.1, 0.15) is 18.4 Å². The first-order valence-electron chi connectivity index (χ1n) is 7.44. The first-order valence-corrected chi connectivity index (χ1v) is 7.44. The van der Waals surface area contributed by atoms with Gasteiger partial charge in [0.1, 0.15) is 6.54 Å². The molecule has 0 saturated carbocycles. The van der Waals surface area contributed by atoms with Gasteiger partial charge in [0.2, 0.25) is 5.91 Å². The van der Waals surface area contributed by atoms with Crippen molar-refractivity contribution in [1.82, 2.24) is 9.78 Å². The first kappa shape index (κ1) is 13.8. The number of carbonyl (C=O) groups is 1. The molecule has 0 aliphatic carbocycles. The van der Waals surface area contributed by atoms with Gasteiger partial charge in [-0.3, -0.25) is 4.79 Å². The molecule has 2 aromatic rings. The topological polar surface area (TPSA) is 65.3 Å². The molecule has 1 fully saturated rings. The number of nitrogens with two attached hydrogens (primary N) is 1. The van der Waals surface area contributed by atoms with E-state index in [0.29, 0.717) is 0 Å². The van der Waals surface area contributed by atoms with Gasteiger partial charge in [0.25, 0.3) is 0 Å². The predicted molar refractivity (Wildman–Crippen MR) is 79.9 cm³/mol. The van der Waals surface area contributed by atoms with Crippen molar-refractivity contribution in [2.45, 2.75) is 19.4 Å². The van der Waals surface area contributed by atoms with Crippen molar-refractivity contribution in [3.05, 3.63) is 48.3 Å². The lowest BCUT2D eigenvalue weighted by Gasteiger charge is -2.27. The Balaban J connectivity index is 1.58. The molecule has 0 unspecified atom stereocenters. The number of nitrogens with zero attached hydrogens (tertiary/aromatic N) is 2. The molecule has 2 heterocycles. The zero-order valence-electron chi connectivity index (χ0n) is 12.0. The standard InChI is InChI=1S/C16H20N4O/c17-16(21)14-6-10-19(11-7-14)12-13-2-4-15(5-3-13)20-9-1-8-18-20/h1-5,8-9,14H,6-7,10-12H2,(H2,17,21)/p+1. The summed E-state index contributed by atoms with van der Waals surface area (Å²) >= 11 is 0. The Kier molecular flexibility index (Phi) is 4.01. The van der Waals surface area contributed by atoms with Gasteiger partial charge in [-0.1, -0.05) is 12.1 Å². The minimum absolute atomic E-state index is 0.0796. The summed E-state index contributed by atoms with van der Waals surface area (Å²) in [7, 11) is 0. The lowest BCUT2D eigenvalue weighted by atomic mass is 9.96. The van der Waals surface area contributed by atoms with Crippen molar-refractivity contribution >= 4 is 5.91 Å². The summed E-state index contributed by atoms with van der Waals surface area (Å²) in [5.41, 5.74) is 7.76. The fourth-order valence-electron chi connectivity index (χ4n) is 2.96. The van der Waals surface area contributed by atoms with Crippen molar-refractivity contribution < 1.29 is 9.69 Å². The van der Waals surface area contributed by atoms with Crippen LogP contribution in [-0.2, 0) is 11.3 Å². The zero-order valence-corrected chi connectivity index (χ0v) is 12.0. The summed E-state index contributed by atoms with van der Waals surface area (Å²) in [4.78, 5) is 12.7. The average Bonchev–Trinajstić information content (AvgIpc) is 3.03. The average molecular weight is 285 g/mol. The molecule has 1 aromatic carbocycles. The highest BCUT2D eigenvalue weighted by Gasteiger charge is 2.25. The van der Waals surface area contributed by atoms with Crippen molar-refractivity contribution in [3.8, 4) is 5.69 Å². The SMILES string of the molecule is NC(=O)C1CC[NH+](Cc2ccc(-n3cccn3)cc2)CC1. The molecule has 3 rings (SSSR count). The number of primary amides is 1. The van der Waals surface area contributed by atoms with Crippen LogP contribution in [0.15, 0.2) is 42.7 Å². The number of likely N-dealkylation sites (tertiary alicyclic amines) is 1. The monoisotopic (exact) mass is 285 g/mol. The van der Waals surface area contributed by atoms with Crippen molar-refractivity contribution in [2.75, 3.05) is 13.1 Å². The molecule has 0 atom stereocenters. The van der Waals surface area contributed by atoms with Crippen LogP contribution >= 0.6 is 0 Å². The Morgan fingerprint density at radius 2 is 2.00 bits per heavy atom. The second-order valence-electron chi connectivity index (χ2n) is 5.72. The second kappa shape index (κ2) is 6.10. The van der Waals surface area contributed by atoms with E-state index < -0.39 is 0 Å². The third kappa shape index (κ3) is 3.31. The van der Waals surface area contributed by atoms with Crippen LogP contribution < -0.4 is 10.6 Å². The van der Waals surface area contributed by atoms with Gasteiger partial charge in [-0.05, 0) is 18.2 Å². The van der Waals surface area contributed by atoms with Crippen LogP contribution in [0.25, 0.3) is 5.69 Å². The van der Waals surface area contributed by atoms with Gasteiger partial charge >= 0.3 is 0 Å². The van der Waals surface area contributed by atoms with Crippen molar-refractivity contribution in [1.29, 1.82) is 0 Å². The van der Waals surface area contributed by atoms with Crippen LogP contribution in [0.5, 0.6) is 0 Å². The van der Waals surface area contributed by atoms with E-state index >= 15 is 0 Å². The largest absolute Gasteiger partial charge is 0.369 e. The van der Waals surface area contributed by atoms with E-state index in [4.69, 9.17) is 5.73 Å². The van der Waals surface area contributed by atoms with Gasteiger partial charge in [0.15, 0.2) is 0 Å². The van der Waals surface area contributed by atoms with Gasteiger partial charge < -0.3 is 10.6 Å². The summed E-state index contributed by atoms with van der Waals surface area (Å²) in [6.07, 6.45) is 5.54. The second-order valence-corrected chi connectivity index (χ2v) is 5.72. The smallest absolute Gasteiger partial charge is 0.220 e. The third-order valence-corrected chi connectivity index (χ3v) is 4.25. The summed E-state index contributed by atoms with van der Waals surface area (Å²) in [6, 6.07) is 10.4. The predicted octanol–water partition coefficient (Wildman–Crippen LogP) is 0.153. The number of nitrogens with one attached hydrogen (secondary N) is 1. The maximum Gasteiger partial charge on any atom is 0.220 e. The third-order valence-electron chi connectivity index (χ3n) is 4.25. The van der Waals surface area contributed by atoms with Crippen molar-refractivity contribution in [2.24, 2.45) is 11.7 Å². The van der Waals surface area contributed by atoms with E-state index in [1.807, 2.05) is 16.9 Å². The zero-order chi connectivity index (χ0) is 14.7. The molecular weight excluding hydrogens is 264 g/mol. The molecule has 110 valence electrons. The Hall–Kier alpha value is -2.14.